The third-order valence-corrected chi connectivity index (χ3v) is 6.58. The fraction of sp³-hybridized carbons (Fsp3) is 0.261. The van der Waals surface area contributed by atoms with E-state index in [1.807, 2.05) is 55.6 Å². The van der Waals surface area contributed by atoms with E-state index in [-0.39, 0.29) is 11.9 Å². The van der Waals surface area contributed by atoms with Gasteiger partial charge in [-0.05, 0) is 49.9 Å². The van der Waals surface area contributed by atoms with E-state index in [0.717, 1.165) is 34.5 Å². The van der Waals surface area contributed by atoms with Gasteiger partial charge in [-0.3, -0.25) is 4.79 Å². The Morgan fingerprint density at radius 3 is 2.87 bits per heavy atom. The second kappa shape index (κ2) is 9.45. The smallest absolute Gasteiger partial charge is 0.270 e. The Morgan fingerprint density at radius 2 is 2.03 bits per heavy atom. The van der Waals surface area contributed by atoms with Gasteiger partial charge in [0.1, 0.15) is 16.2 Å². The van der Waals surface area contributed by atoms with Gasteiger partial charge in [-0.1, -0.05) is 48.2 Å². The SMILES string of the molecule is Cc1ccc2oc(SCc3nc(C(=O)NC(C)CCc4ccccc4)cs3)nc2c1. The van der Waals surface area contributed by atoms with Crippen molar-refractivity contribution in [1.82, 2.24) is 15.3 Å². The number of amides is 1. The van der Waals surface area contributed by atoms with Gasteiger partial charge in [-0.2, -0.15) is 0 Å². The van der Waals surface area contributed by atoms with Crippen molar-refractivity contribution >= 4 is 40.1 Å². The Labute approximate surface area is 183 Å². The maximum Gasteiger partial charge on any atom is 0.270 e. The van der Waals surface area contributed by atoms with Gasteiger partial charge in [-0.15, -0.1) is 11.3 Å². The lowest BCUT2D eigenvalue weighted by Crippen LogP contribution is -2.33. The van der Waals surface area contributed by atoms with Gasteiger partial charge < -0.3 is 9.73 Å². The molecule has 5 nitrogen and oxygen atoms in total. The van der Waals surface area contributed by atoms with Crippen molar-refractivity contribution in [1.29, 1.82) is 0 Å². The molecule has 2 aromatic carbocycles. The Morgan fingerprint density at radius 1 is 1.20 bits per heavy atom. The van der Waals surface area contributed by atoms with E-state index in [9.17, 15) is 4.79 Å². The Hall–Kier alpha value is -2.64. The summed E-state index contributed by atoms with van der Waals surface area (Å²) in [5, 5.41) is 6.35. The molecule has 4 aromatic rings. The molecule has 4 rings (SSSR count). The third kappa shape index (κ3) is 5.29. The summed E-state index contributed by atoms with van der Waals surface area (Å²) in [6.07, 6.45) is 1.82. The molecule has 0 aliphatic rings. The molecule has 0 aliphatic heterocycles. The monoisotopic (exact) mass is 437 g/mol. The zero-order chi connectivity index (χ0) is 20.9. The standard InChI is InChI=1S/C23H23N3O2S2/c1-15-8-11-20-18(12-15)26-23(28-20)30-14-21-25-19(13-29-21)22(27)24-16(2)9-10-17-6-4-3-5-7-17/h3-8,11-13,16H,9-10,14H2,1-2H3,(H,24,27). The van der Waals surface area contributed by atoms with Crippen LogP contribution in [0, 0.1) is 6.92 Å². The number of rotatable bonds is 8. The number of hydrogen-bond acceptors (Lipinski definition) is 6. The average Bonchev–Trinajstić information content (AvgIpc) is 3.38. The zero-order valence-corrected chi connectivity index (χ0v) is 18.6. The quantitative estimate of drug-likeness (QED) is 0.362. The van der Waals surface area contributed by atoms with E-state index < -0.39 is 0 Å². The van der Waals surface area contributed by atoms with Crippen LogP contribution < -0.4 is 5.32 Å². The van der Waals surface area contributed by atoms with Gasteiger partial charge in [0, 0.05) is 11.4 Å². The first-order valence-electron chi connectivity index (χ1n) is 9.86. The van der Waals surface area contributed by atoms with Crippen molar-refractivity contribution in [2.75, 3.05) is 0 Å². The Balaban J connectivity index is 1.28. The lowest BCUT2D eigenvalue weighted by Gasteiger charge is -2.12. The normalized spacial score (nSPS) is 12.2. The van der Waals surface area contributed by atoms with Gasteiger partial charge in [0.25, 0.3) is 11.1 Å². The van der Waals surface area contributed by atoms with E-state index in [1.165, 1.54) is 28.7 Å². The second-order valence-electron chi connectivity index (χ2n) is 7.26. The number of carbonyl (C=O) groups is 1. The van der Waals surface area contributed by atoms with Crippen molar-refractivity contribution in [3.63, 3.8) is 0 Å². The van der Waals surface area contributed by atoms with Crippen LogP contribution in [-0.4, -0.2) is 21.9 Å². The summed E-state index contributed by atoms with van der Waals surface area (Å²) >= 11 is 2.97. The van der Waals surface area contributed by atoms with E-state index in [1.54, 1.807) is 0 Å². The predicted octanol–water partition coefficient (Wildman–Crippen LogP) is 5.64. The number of aryl methyl sites for hydroxylation is 2. The van der Waals surface area contributed by atoms with Gasteiger partial charge in [-0.25, -0.2) is 9.97 Å². The van der Waals surface area contributed by atoms with Crippen molar-refractivity contribution in [3.8, 4) is 0 Å². The fourth-order valence-corrected chi connectivity index (χ4v) is 4.71. The average molecular weight is 438 g/mol. The topological polar surface area (TPSA) is 68.0 Å². The van der Waals surface area contributed by atoms with Crippen molar-refractivity contribution < 1.29 is 9.21 Å². The fourth-order valence-electron chi connectivity index (χ4n) is 3.08. The molecule has 0 fully saturated rings. The van der Waals surface area contributed by atoms with E-state index in [0.29, 0.717) is 16.7 Å². The van der Waals surface area contributed by atoms with Crippen molar-refractivity contribution in [2.45, 2.75) is 43.7 Å². The first-order valence-corrected chi connectivity index (χ1v) is 11.7. The Bertz CT molecular complexity index is 1140. The molecule has 154 valence electrons. The molecule has 1 atom stereocenters. The number of nitrogens with zero attached hydrogens (tertiary/aromatic N) is 2. The van der Waals surface area contributed by atoms with Gasteiger partial charge in [0.05, 0.1) is 5.75 Å². The van der Waals surface area contributed by atoms with Crippen LogP contribution in [0.2, 0.25) is 0 Å². The number of benzene rings is 2. The summed E-state index contributed by atoms with van der Waals surface area (Å²) in [6.45, 7) is 4.06. The molecule has 1 N–H and O–H groups in total. The molecule has 2 heterocycles. The minimum absolute atomic E-state index is 0.0837. The first-order chi connectivity index (χ1) is 14.6. The molecule has 0 saturated heterocycles. The number of hydrogen-bond donors (Lipinski definition) is 1. The lowest BCUT2D eigenvalue weighted by atomic mass is 10.1. The van der Waals surface area contributed by atoms with Crippen LogP contribution in [0.1, 0.15) is 40.0 Å². The molecule has 0 bridgehead atoms. The zero-order valence-electron chi connectivity index (χ0n) is 16.9. The van der Waals surface area contributed by atoms with E-state index in [2.05, 4.69) is 27.4 Å². The van der Waals surface area contributed by atoms with Crippen LogP contribution in [0.5, 0.6) is 0 Å². The number of thioether (sulfide) groups is 1. The summed E-state index contributed by atoms with van der Waals surface area (Å²) in [7, 11) is 0. The van der Waals surface area contributed by atoms with Crippen LogP contribution in [-0.2, 0) is 12.2 Å². The van der Waals surface area contributed by atoms with Crippen molar-refractivity contribution in [3.05, 3.63) is 75.7 Å². The van der Waals surface area contributed by atoms with Gasteiger partial charge in [0.2, 0.25) is 0 Å². The minimum Gasteiger partial charge on any atom is -0.431 e. The number of aromatic nitrogens is 2. The molecule has 0 saturated carbocycles. The molecule has 30 heavy (non-hydrogen) atoms. The van der Waals surface area contributed by atoms with Gasteiger partial charge in [0.15, 0.2) is 5.58 Å². The molecule has 2 aromatic heterocycles. The molecule has 1 amide bonds. The molecule has 0 radical (unpaired) electrons. The van der Waals surface area contributed by atoms with Crippen LogP contribution in [0.15, 0.2) is 63.6 Å². The van der Waals surface area contributed by atoms with Crippen LogP contribution in [0.4, 0.5) is 0 Å². The maximum absolute atomic E-state index is 12.5. The van der Waals surface area contributed by atoms with E-state index >= 15 is 0 Å². The highest BCUT2D eigenvalue weighted by molar-refractivity contribution is 7.98. The van der Waals surface area contributed by atoms with E-state index in [4.69, 9.17) is 4.42 Å². The van der Waals surface area contributed by atoms with Crippen LogP contribution in [0.25, 0.3) is 11.1 Å². The summed E-state index contributed by atoms with van der Waals surface area (Å²) in [5.41, 5.74) is 4.55. The number of oxazole rings is 1. The maximum atomic E-state index is 12.5. The molecular weight excluding hydrogens is 414 g/mol. The number of thiazole rings is 1. The predicted molar refractivity (Wildman–Crippen MR) is 122 cm³/mol. The molecule has 0 aliphatic carbocycles. The highest BCUT2D eigenvalue weighted by Gasteiger charge is 2.15. The largest absolute Gasteiger partial charge is 0.431 e. The number of nitrogens with one attached hydrogen (secondary N) is 1. The summed E-state index contributed by atoms with van der Waals surface area (Å²) in [4.78, 5) is 21.5. The highest BCUT2D eigenvalue weighted by Crippen LogP contribution is 2.27. The van der Waals surface area contributed by atoms with Crippen LogP contribution >= 0.6 is 23.1 Å². The number of fused-ring (bicyclic) bond motifs is 1. The first kappa shape index (κ1) is 20.6. The summed E-state index contributed by atoms with van der Waals surface area (Å²) in [6, 6.07) is 16.3. The molecular formula is C23H23N3O2S2. The summed E-state index contributed by atoms with van der Waals surface area (Å²) < 4.78 is 5.76. The summed E-state index contributed by atoms with van der Waals surface area (Å²) in [5.74, 6) is 0.494. The van der Waals surface area contributed by atoms with Crippen LogP contribution in [0.3, 0.4) is 0 Å². The van der Waals surface area contributed by atoms with Crippen molar-refractivity contribution in [2.24, 2.45) is 0 Å². The lowest BCUT2D eigenvalue weighted by molar-refractivity contribution is 0.0934. The molecule has 7 heteroatoms. The highest BCUT2D eigenvalue weighted by atomic mass is 32.2. The minimum atomic E-state index is -0.125. The second-order valence-corrected chi connectivity index (χ2v) is 9.13. The Kier molecular flexibility index (Phi) is 6.50. The molecule has 1 unspecified atom stereocenters. The third-order valence-electron chi connectivity index (χ3n) is 4.71. The molecule has 0 spiro atoms. The van der Waals surface area contributed by atoms with Gasteiger partial charge >= 0.3 is 0 Å². The number of carbonyl (C=O) groups excluding carboxylic acids is 1.